The molecule has 1 N–H and O–H groups in total. The van der Waals surface area contributed by atoms with E-state index in [1.807, 2.05) is 30.3 Å². The molecule has 0 saturated heterocycles. The average molecular weight is 266 g/mol. The summed E-state index contributed by atoms with van der Waals surface area (Å²) in [7, 11) is 0. The van der Waals surface area contributed by atoms with Gasteiger partial charge in [0.1, 0.15) is 0 Å². The van der Waals surface area contributed by atoms with Crippen LogP contribution < -0.4 is 10.6 Å². The van der Waals surface area contributed by atoms with Crippen molar-refractivity contribution < 1.29 is 14.7 Å². The Morgan fingerprint density at radius 1 is 1.05 bits per heavy atom. The van der Waals surface area contributed by atoms with Crippen molar-refractivity contribution in [3.8, 4) is 0 Å². The molecule has 0 saturated carbocycles. The number of benzene rings is 2. The van der Waals surface area contributed by atoms with Crippen LogP contribution in [0.1, 0.15) is 6.42 Å². The van der Waals surface area contributed by atoms with E-state index in [-0.39, 0.29) is 11.8 Å². The Balaban J connectivity index is 2.32. The van der Waals surface area contributed by atoms with Gasteiger partial charge in [-0.15, -0.1) is 0 Å². The van der Waals surface area contributed by atoms with Crippen LogP contribution in [0, 0.1) is 0 Å². The van der Waals surface area contributed by atoms with Gasteiger partial charge < -0.3 is 5.11 Å². The number of carbonyl (C=O) groups excluding carboxylic acids is 1. The van der Waals surface area contributed by atoms with Gasteiger partial charge in [0.05, 0.1) is 0 Å². The van der Waals surface area contributed by atoms with E-state index in [4.69, 9.17) is 5.11 Å². The van der Waals surface area contributed by atoms with Crippen LogP contribution in [-0.4, -0.2) is 16.9 Å². The summed E-state index contributed by atoms with van der Waals surface area (Å²) in [5, 5.41) is 12.2. The van der Waals surface area contributed by atoms with Crippen molar-refractivity contribution >= 4 is 39.4 Å². The van der Waals surface area contributed by atoms with Gasteiger partial charge in [0.15, 0.2) is 5.43 Å². The summed E-state index contributed by atoms with van der Waals surface area (Å²) in [6.07, 6.45) is 1.13. The molecule has 0 aliphatic heterocycles. The van der Waals surface area contributed by atoms with Gasteiger partial charge in [0.25, 0.3) is 0 Å². The van der Waals surface area contributed by atoms with Crippen molar-refractivity contribution in [3.05, 3.63) is 51.8 Å². The summed E-state index contributed by atoms with van der Waals surface area (Å²) in [5.74, 6) is -2.41. The fourth-order valence-electron chi connectivity index (χ4n) is 2.51. The van der Waals surface area contributed by atoms with E-state index >= 15 is 0 Å². The molecule has 98 valence electrons. The molecule has 20 heavy (non-hydrogen) atoms. The molecule has 0 heterocycles. The Kier molecular flexibility index (Phi) is 2.71. The Labute approximate surface area is 113 Å². The number of ketones is 1. The highest BCUT2D eigenvalue weighted by molar-refractivity contribution is 6.33. The molecule has 4 heteroatoms. The fraction of sp³-hybridized carbons (Fsp3) is 0.0625. The maximum Gasteiger partial charge on any atom is 0.372 e. The molecule has 0 aliphatic rings. The zero-order valence-electron chi connectivity index (χ0n) is 10.4. The van der Waals surface area contributed by atoms with Crippen molar-refractivity contribution in [2.75, 3.05) is 0 Å². The fourth-order valence-corrected chi connectivity index (χ4v) is 2.51. The smallest absolute Gasteiger partial charge is 0.372 e. The number of carbonyl (C=O) groups is 2. The van der Waals surface area contributed by atoms with Crippen LogP contribution in [0.5, 0.6) is 0 Å². The van der Waals surface area contributed by atoms with Crippen LogP contribution in [0.4, 0.5) is 0 Å². The topological polar surface area (TPSA) is 71.4 Å². The van der Waals surface area contributed by atoms with E-state index in [1.54, 1.807) is 6.07 Å². The van der Waals surface area contributed by atoms with E-state index < -0.39 is 11.8 Å². The van der Waals surface area contributed by atoms with Crippen molar-refractivity contribution in [3.63, 3.8) is 0 Å². The van der Waals surface area contributed by atoms with Crippen LogP contribution in [0.15, 0.2) is 41.2 Å². The molecule has 0 spiro atoms. The zero-order chi connectivity index (χ0) is 14.3. The highest BCUT2D eigenvalue weighted by Crippen LogP contribution is 2.22. The van der Waals surface area contributed by atoms with Crippen molar-refractivity contribution in [2.45, 2.75) is 6.42 Å². The Bertz CT molecular complexity index is 935. The Hall–Kier alpha value is -2.75. The van der Waals surface area contributed by atoms with E-state index in [9.17, 15) is 14.4 Å². The monoisotopic (exact) mass is 266 g/mol. The normalized spacial score (nSPS) is 12.3. The first-order valence-electron chi connectivity index (χ1n) is 6.12. The van der Waals surface area contributed by atoms with E-state index in [0.717, 1.165) is 16.2 Å². The molecule has 3 aromatic carbocycles. The van der Waals surface area contributed by atoms with Crippen molar-refractivity contribution in [1.82, 2.24) is 0 Å². The van der Waals surface area contributed by atoms with Crippen molar-refractivity contribution in [1.29, 1.82) is 0 Å². The molecular formula is C16H10O4. The molecule has 3 rings (SSSR count). The van der Waals surface area contributed by atoms with Gasteiger partial charge >= 0.3 is 5.97 Å². The third-order valence-corrected chi connectivity index (χ3v) is 3.41. The molecule has 0 radical (unpaired) electrons. The van der Waals surface area contributed by atoms with Crippen LogP contribution in [0.2, 0.25) is 0 Å². The second-order valence-corrected chi connectivity index (χ2v) is 4.59. The lowest BCUT2D eigenvalue weighted by molar-refractivity contribution is -0.148. The number of hydrogen-bond donors (Lipinski definition) is 1. The number of carboxylic acids is 1. The summed E-state index contributed by atoms with van der Waals surface area (Å²) < 4.78 is 0. The third-order valence-electron chi connectivity index (χ3n) is 3.41. The molecule has 0 atom stereocenters. The second kappa shape index (κ2) is 4.42. The van der Waals surface area contributed by atoms with Gasteiger partial charge in [-0.1, -0.05) is 42.5 Å². The largest absolute Gasteiger partial charge is 0.475 e. The van der Waals surface area contributed by atoms with E-state index in [0.29, 0.717) is 10.6 Å². The lowest BCUT2D eigenvalue weighted by Gasteiger charge is -1.96. The van der Waals surface area contributed by atoms with Crippen LogP contribution in [0.3, 0.4) is 0 Å². The molecule has 4 nitrogen and oxygen atoms in total. The minimum atomic E-state index is -1.48. The average Bonchev–Trinajstić information content (AvgIpc) is 2.72. The summed E-state index contributed by atoms with van der Waals surface area (Å²) in [6, 6.07) is 11.0. The molecule has 0 fully saturated rings. The number of aliphatic carboxylic acids is 1. The van der Waals surface area contributed by atoms with E-state index in [2.05, 4.69) is 0 Å². The van der Waals surface area contributed by atoms with Gasteiger partial charge in [-0.05, 0) is 10.8 Å². The summed E-state index contributed by atoms with van der Waals surface area (Å²) >= 11 is 0. The lowest BCUT2D eigenvalue weighted by atomic mass is 10.1. The highest BCUT2D eigenvalue weighted by Gasteiger charge is 2.12. The van der Waals surface area contributed by atoms with Gasteiger partial charge in [-0.25, -0.2) is 4.79 Å². The second-order valence-electron chi connectivity index (χ2n) is 4.59. The molecular weight excluding hydrogens is 256 g/mol. The lowest BCUT2D eigenvalue weighted by Crippen LogP contribution is -2.20. The molecule has 0 aromatic heterocycles. The summed E-state index contributed by atoms with van der Waals surface area (Å²) in [6.45, 7) is 0. The Morgan fingerprint density at radius 3 is 2.35 bits per heavy atom. The van der Waals surface area contributed by atoms with Crippen molar-refractivity contribution in [2.24, 2.45) is 0 Å². The van der Waals surface area contributed by atoms with E-state index in [1.165, 1.54) is 6.08 Å². The molecule has 0 amide bonds. The molecule has 0 aliphatic carbocycles. The number of carboxylic acid groups (broad SMARTS) is 1. The number of Topliss-reactive ketones (excluding diaryl/α,β-unsaturated/α-hetero) is 1. The van der Waals surface area contributed by atoms with Crippen LogP contribution in [0.25, 0.3) is 27.6 Å². The first-order chi connectivity index (χ1) is 9.59. The maximum absolute atomic E-state index is 12.3. The van der Waals surface area contributed by atoms with Gasteiger partial charge in [0, 0.05) is 22.4 Å². The van der Waals surface area contributed by atoms with Gasteiger partial charge in [-0.3, -0.25) is 9.59 Å². The first kappa shape index (κ1) is 12.3. The Morgan fingerprint density at radius 2 is 1.70 bits per heavy atom. The molecule has 0 unspecified atom stereocenters. The molecule has 0 bridgehead atoms. The minimum Gasteiger partial charge on any atom is -0.475 e. The zero-order valence-corrected chi connectivity index (χ0v) is 10.4. The first-order valence-corrected chi connectivity index (χ1v) is 6.12. The van der Waals surface area contributed by atoms with Gasteiger partial charge in [0.2, 0.25) is 5.78 Å². The SMILES string of the molecule is O=C(O)C(=O)CC=c1c(=O)c2cccc3cccc1c32. The maximum atomic E-state index is 12.3. The number of hydrogen-bond acceptors (Lipinski definition) is 3. The highest BCUT2D eigenvalue weighted by atomic mass is 16.4. The summed E-state index contributed by atoms with van der Waals surface area (Å²) in [5.41, 5.74) is -0.157. The van der Waals surface area contributed by atoms with Crippen LogP contribution >= 0.6 is 0 Å². The van der Waals surface area contributed by atoms with Gasteiger partial charge in [-0.2, -0.15) is 0 Å². The number of rotatable bonds is 3. The standard InChI is InChI=1S/C16H10O4/c17-13(16(19)20)8-7-11-10-5-1-3-9-4-2-6-12(14(9)10)15(11)18/h1-7H,8H2,(H,19,20). The quantitative estimate of drug-likeness (QED) is 0.726. The molecule has 3 aromatic rings. The third kappa shape index (κ3) is 1.73. The van der Waals surface area contributed by atoms with Crippen LogP contribution in [-0.2, 0) is 9.59 Å². The minimum absolute atomic E-state index is 0.157. The predicted octanol–water partition coefficient (Wildman–Crippen LogP) is 1.33. The predicted molar refractivity (Wildman–Crippen MR) is 75.9 cm³/mol. The summed E-state index contributed by atoms with van der Waals surface area (Å²) in [4.78, 5) is 34.0.